The van der Waals surface area contributed by atoms with Gasteiger partial charge in [0, 0.05) is 18.2 Å². The summed E-state index contributed by atoms with van der Waals surface area (Å²) in [6.45, 7) is 1.47. The van der Waals surface area contributed by atoms with E-state index >= 15 is 0 Å². The number of hydrogen-bond acceptors (Lipinski definition) is 3. The van der Waals surface area contributed by atoms with Gasteiger partial charge in [0.15, 0.2) is 0 Å². The van der Waals surface area contributed by atoms with Crippen molar-refractivity contribution in [2.45, 2.75) is 18.9 Å². The van der Waals surface area contributed by atoms with Crippen molar-refractivity contribution < 1.29 is 9.84 Å². The van der Waals surface area contributed by atoms with E-state index in [0.29, 0.717) is 12.3 Å². The Kier molecular flexibility index (Phi) is 3.23. The topological polar surface area (TPSA) is 55.5 Å². The van der Waals surface area contributed by atoms with Crippen LogP contribution in [-0.2, 0) is 4.74 Å². The van der Waals surface area contributed by atoms with E-state index in [1.54, 1.807) is 0 Å². The van der Waals surface area contributed by atoms with Gasteiger partial charge >= 0.3 is 0 Å². The highest BCUT2D eigenvalue weighted by molar-refractivity contribution is 5.41. The van der Waals surface area contributed by atoms with Crippen LogP contribution in [0.1, 0.15) is 24.5 Å². The van der Waals surface area contributed by atoms with Crippen LogP contribution in [0.3, 0.4) is 0 Å². The van der Waals surface area contributed by atoms with E-state index in [4.69, 9.17) is 10.5 Å². The van der Waals surface area contributed by atoms with Crippen molar-refractivity contribution in [3.05, 3.63) is 29.8 Å². The summed E-state index contributed by atoms with van der Waals surface area (Å²) in [5.41, 5.74) is 7.28. The normalized spacial score (nSPS) is 23.7. The number of aliphatic hydroxyl groups is 1. The molecule has 15 heavy (non-hydrogen) atoms. The van der Waals surface area contributed by atoms with Gasteiger partial charge in [-0.15, -0.1) is 0 Å². The van der Waals surface area contributed by atoms with Gasteiger partial charge in [-0.05, 0) is 30.5 Å². The van der Waals surface area contributed by atoms with Gasteiger partial charge in [-0.25, -0.2) is 0 Å². The Morgan fingerprint density at radius 2 is 2.33 bits per heavy atom. The van der Waals surface area contributed by atoms with Gasteiger partial charge in [-0.1, -0.05) is 12.1 Å². The molecule has 0 aromatic heterocycles. The van der Waals surface area contributed by atoms with Crippen molar-refractivity contribution in [3.63, 3.8) is 0 Å². The second-order valence-electron chi connectivity index (χ2n) is 4.09. The van der Waals surface area contributed by atoms with Gasteiger partial charge in [0.1, 0.15) is 0 Å². The third kappa shape index (κ3) is 2.49. The maximum Gasteiger partial charge on any atom is 0.0840 e. The Morgan fingerprint density at radius 1 is 1.47 bits per heavy atom. The van der Waals surface area contributed by atoms with Crippen LogP contribution in [-0.4, -0.2) is 18.3 Å². The van der Waals surface area contributed by atoms with Crippen molar-refractivity contribution in [1.29, 1.82) is 0 Å². The van der Waals surface area contributed by atoms with Gasteiger partial charge in [-0.2, -0.15) is 0 Å². The minimum atomic E-state index is -0.450. The molecule has 2 atom stereocenters. The lowest BCUT2D eigenvalue weighted by molar-refractivity contribution is -0.00994. The summed E-state index contributed by atoms with van der Waals surface area (Å²) in [5, 5.41) is 10.1. The fourth-order valence-electron chi connectivity index (χ4n) is 2.03. The Bertz CT molecular complexity index is 321. The Morgan fingerprint density at radius 3 is 3.00 bits per heavy atom. The first-order valence-electron chi connectivity index (χ1n) is 5.38. The van der Waals surface area contributed by atoms with E-state index in [0.717, 1.165) is 25.0 Å². The molecule has 0 amide bonds. The molecule has 2 rings (SSSR count). The molecule has 1 fully saturated rings. The Balaban J connectivity index is 2.08. The van der Waals surface area contributed by atoms with E-state index in [1.165, 1.54) is 0 Å². The highest BCUT2D eigenvalue weighted by Gasteiger charge is 2.23. The average molecular weight is 207 g/mol. The van der Waals surface area contributed by atoms with Gasteiger partial charge in [0.2, 0.25) is 0 Å². The second kappa shape index (κ2) is 4.64. The van der Waals surface area contributed by atoms with Crippen LogP contribution >= 0.6 is 0 Å². The van der Waals surface area contributed by atoms with Crippen molar-refractivity contribution in [2.75, 3.05) is 18.9 Å². The maximum absolute atomic E-state index is 10.1. The molecule has 0 saturated carbocycles. The number of hydrogen-bond donors (Lipinski definition) is 2. The molecule has 0 radical (unpaired) electrons. The van der Waals surface area contributed by atoms with E-state index in [-0.39, 0.29) is 5.92 Å². The van der Waals surface area contributed by atoms with Crippen LogP contribution in [0, 0.1) is 5.92 Å². The molecule has 3 N–H and O–H groups in total. The van der Waals surface area contributed by atoms with Crippen molar-refractivity contribution >= 4 is 5.69 Å². The first-order valence-corrected chi connectivity index (χ1v) is 5.38. The number of ether oxygens (including phenoxy) is 1. The molecule has 0 spiro atoms. The van der Waals surface area contributed by atoms with Crippen molar-refractivity contribution in [2.24, 2.45) is 5.92 Å². The molecule has 3 nitrogen and oxygen atoms in total. The first kappa shape index (κ1) is 10.5. The zero-order valence-corrected chi connectivity index (χ0v) is 8.73. The summed E-state index contributed by atoms with van der Waals surface area (Å²) in [7, 11) is 0. The lowest BCUT2D eigenvalue weighted by Crippen LogP contribution is -2.23. The standard InChI is InChI=1S/C12H17NO2/c13-11-5-1-3-9(7-11)12(14)10-4-2-6-15-8-10/h1,3,5,7,10,12,14H,2,4,6,8,13H2. The third-order valence-electron chi connectivity index (χ3n) is 2.89. The van der Waals surface area contributed by atoms with Crippen LogP contribution in [0.5, 0.6) is 0 Å². The number of nitrogen functional groups attached to an aromatic ring is 1. The summed E-state index contributed by atoms with van der Waals surface area (Å²) >= 11 is 0. The molecule has 82 valence electrons. The summed E-state index contributed by atoms with van der Waals surface area (Å²) in [5.74, 6) is 0.209. The van der Waals surface area contributed by atoms with Crippen molar-refractivity contribution in [1.82, 2.24) is 0 Å². The molecule has 1 aromatic carbocycles. The molecular weight excluding hydrogens is 190 g/mol. The van der Waals surface area contributed by atoms with E-state index < -0.39 is 6.10 Å². The number of rotatable bonds is 2. The Hall–Kier alpha value is -1.06. The first-order chi connectivity index (χ1) is 7.27. The number of aliphatic hydroxyl groups excluding tert-OH is 1. The van der Waals surface area contributed by atoms with Crippen molar-refractivity contribution in [3.8, 4) is 0 Å². The van der Waals surface area contributed by atoms with Crippen LogP contribution in [0.15, 0.2) is 24.3 Å². The van der Waals surface area contributed by atoms with E-state index in [2.05, 4.69) is 0 Å². The minimum absolute atomic E-state index is 0.209. The fraction of sp³-hybridized carbons (Fsp3) is 0.500. The van der Waals surface area contributed by atoms with Gasteiger partial charge in [-0.3, -0.25) is 0 Å². The molecule has 1 aliphatic heterocycles. The molecule has 2 unspecified atom stereocenters. The molecule has 0 bridgehead atoms. The maximum atomic E-state index is 10.1. The van der Waals surface area contributed by atoms with Gasteiger partial charge in [0.05, 0.1) is 12.7 Å². The average Bonchev–Trinajstić information content (AvgIpc) is 2.29. The van der Waals surface area contributed by atoms with Crippen LogP contribution in [0.2, 0.25) is 0 Å². The summed E-state index contributed by atoms with van der Waals surface area (Å²) in [6.07, 6.45) is 1.61. The molecule has 1 aromatic rings. The van der Waals surface area contributed by atoms with Crippen LogP contribution in [0.4, 0.5) is 5.69 Å². The smallest absolute Gasteiger partial charge is 0.0840 e. The minimum Gasteiger partial charge on any atom is -0.399 e. The summed E-state index contributed by atoms with van der Waals surface area (Å²) < 4.78 is 5.36. The molecule has 3 heteroatoms. The van der Waals surface area contributed by atoms with Gasteiger partial charge in [0.25, 0.3) is 0 Å². The van der Waals surface area contributed by atoms with Crippen LogP contribution < -0.4 is 5.73 Å². The highest BCUT2D eigenvalue weighted by atomic mass is 16.5. The molecule has 0 aliphatic carbocycles. The third-order valence-corrected chi connectivity index (χ3v) is 2.89. The quantitative estimate of drug-likeness (QED) is 0.726. The zero-order valence-electron chi connectivity index (χ0n) is 8.73. The largest absolute Gasteiger partial charge is 0.399 e. The second-order valence-corrected chi connectivity index (χ2v) is 4.09. The van der Waals surface area contributed by atoms with Crippen LogP contribution in [0.25, 0.3) is 0 Å². The fourth-order valence-corrected chi connectivity index (χ4v) is 2.03. The predicted octanol–water partition coefficient (Wildman–Crippen LogP) is 1.73. The summed E-state index contributed by atoms with van der Waals surface area (Å²) in [6, 6.07) is 7.44. The molecule has 1 saturated heterocycles. The van der Waals surface area contributed by atoms with E-state index in [1.807, 2.05) is 24.3 Å². The zero-order chi connectivity index (χ0) is 10.7. The highest BCUT2D eigenvalue weighted by Crippen LogP contribution is 2.29. The van der Waals surface area contributed by atoms with Gasteiger partial charge < -0.3 is 15.6 Å². The number of nitrogens with two attached hydrogens (primary N) is 1. The predicted molar refractivity (Wildman–Crippen MR) is 59.4 cm³/mol. The molecule has 1 heterocycles. The monoisotopic (exact) mass is 207 g/mol. The number of benzene rings is 1. The molecular formula is C12H17NO2. The van der Waals surface area contributed by atoms with E-state index in [9.17, 15) is 5.11 Å². The lowest BCUT2D eigenvalue weighted by atomic mass is 9.91. The summed E-state index contributed by atoms with van der Waals surface area (Å²) in [4.78, 5) is 0. The molecule has 1 aliphatic rings. The SMILES string of the molecule is Nc1cccc(C(O)C2CCCOC2)c1. The lowest BCUT2D eigenvalue weighted by Gasteiger charge is -2.27. The Labute approximate surface area is 89.9 Å². The number of anilines is 1.